The van der Waals surface area contributed by atoms with Crippen LogP contribution in [-0.4, -0.2) is 30.4 Å². The van der Waals surface area contributed by atoms with Gasteiger partial charge in [-0.2, -0.15) is 9.78 Å². The Morgan fingerprint density at radius 3 is 2.81 bits per heavy atom. The summed E-state index contributed by atoms with van der Waals surface area (Å²) in [6, 6.07) is 10.9. The first kappa shape index (κ1) is 15.2. The van der Waals surface area contributed by atoms with Crippen LogP contribution in [0.3, 0.4) is 0 Å². The number of hydrogen-bond acceptors (Lipinski definition) is 7. The van der Waals surface area contributed by atoms with Gasteiger partial charge in [0.25, 0.3) is 5.56 Å². The topological polar surface area (TPSA) is 101 Å². The summed E-state index contributed by atoms with van der Waals surface area (Å²) in [5.74, 6) is 0.412. The van der Waals surface area contributed by atoms with E-state index in [4.69, 9.17) is 11.6 Å². The maximum Gasteiger partial charge on any atom is 0.288 e. The van der Waals surface area contributed by atoms with Crippen LogP contribution in [0, 0.1) is 0 Å². The molecule has 1 aliphatic heterocycles. The third kappa shape index (κ3) is 2.25. The van der Waals surface area contributed by atoms with E-state index in [0.717, 1.165) is 16.0 Å². The third-order valence-corrected chi connectivity index (χ3v) is 5.38. The van der Waals surface area contributed by atoms with Crippen LogP contribution in [0.4, 0.5) is 11.6 Å². The number of nitrogens with zero attached hydrogens (tertiary/aromatic N) is 5. The molecule has 0 unspecified atom stereocenters. The van der Waals surface area contributed by atoms with Gasteiger partial charge >= 0.3 is 0 Å². The van der Waals surface area contributed by atoms with Gasteiger partial charge in [0.2, 0.25) is 5.95 Å². The summed E-state index contributed by atoms with van der Waals surface area (Å²) in [5.41, 5.74) is 2.27. The first-order valence-corrected chi connectivity index (χ1v) is 8.95. The molecule has 0 saturated carbocycles. The molecule has 0 amide bonds. The standard InChI is InChI=1S/C16H10ClN7OS/c17-9-5-3-8(4-6-9)12-11-13(15(25)20-19-12)18-16-21-22-23-24(16)14(11)10-2-1-7-26-10/h1-7,14H,(H,20,25)(H,18,21,23)/t14-/m1/s1. The van der Waals surface area contributed by atoms with Gasteiger partial charge in [0.15, 0.2) is 0 Å². The minimum atomic E-state index is -0.350. The molecule has 4 heterocycles. The molecule has 0 bridgehead atoms. The minimum Gasteiger partial charge on any atom is -0.318 e. The fourth-order valence-corrected chi connectivity index (χ4v) is 4.02. The van der Waals surface area contributed by atoms with E-state index in [1.807, 2.05) is 29.6 Å². The van der Waals surface area contributed by atoms with E-state index >= 15 is 0 Å². The van der Waals surface area contributed by atoms with E-state index < -0.39 is 0 Å². The number of benzene rings is 1. The van der Waals surface area contributed by atoms with Crippen LogP contribution in [0.15, 0.2) is 46.6 Å². The zero-order valence-corrected chi connectivity index (χ0v) is 14.6. The monoisotopic (exact) mass is 383 g/mol. The second-order valence-electron chi connectivity index (χ2n) is 5.69. The van der Waals surface area contributed by atoms with Gasteiger partial charge in [0.1, 0.15) is 11.7 Å². The number of tetrazole rings is 1. The largest absolute Gasteiger partial charge is 0.318 e. The van der Waals surface area contributed by atoms with E-state index in [9.17, 15) is 4.79 Å². The van der Waals surface area contributed by atoms with Crippen LogP contribution in [-0.2, 0) is 0 Å². The number of fused-ring (bicyclic) bond motifs is 2. The molecule has 4 aromatic rings. The second kappa shape index (κ2) is 5.75. The fourth-order valence-electron chi connectivity index (χ4n) is 3.08. The van der Waals surface area contributed by atoms with E-state index in [-0.39, 0.29) is 11.6 Å². The molecule has 0 fully saturated rings. The van der Waals surface area contributed by atoms with Crippen molar-refractivity contribution in [2.75, 3.05) is 5.32 Å². The Labute approximate surface area is 155 Å². The fraction of sp³-hybridized carbons (Fsp3) is 0.0625. The zero-order valence-electron chi connectivity index (χ0n) is 13.0. The predicted molar refractivity (Wildman–Crippen MR) is 98.0 cm³/mol. The number of hydrogen-bond donors (Lipinski definition) is 2. The van der Waals surface area contributed by atoms with Gasteiger partial charge in [0.05, 0.1) is 5.69 Å². The highest BCUT2D eigenvalue weighted by Gasteiger charge is 2.34. The van der Waals surface area contributed by atoms with Gasteiger partial charge < -0.3 is 5.32 Å². The molecule has 2 N–H and O–H groups in total. The third-order valence-electron chi connectivity index (χ3n) is 4.20. The highest BCUT2D eigenvalue weighted by Crippen LogP contribution is 2.42. The summed E-state index contributed by atoms with van der Waals surface area (Å²) in [6.07, 6.45) is 0. The molecule has 3 aromatic heterocycles. The lowest BCUT2D eigenvalue weighted by atomic mass is 9.96. The summed E-state index contributed by atoms with van der Waals surface area (Å²) >= 11 is 7.58. The molecule has 8 nitrogen and oxygen atoms in total. The molecule has 1 atom stereocenters. The average molecular weight is 384 g/mol. The van der Waals surface area contributed by atoms with Crippen molar-refractivity contribution in [2.45, 2.75) is 6.04 Å². The van der Waals surface area contributed by atoms with Crippen LogP contribution in [0.2, 0.25) is 5.02 Å². The van der Waals surface area contributed by atoms with Crippen molar-refractivity contribution >= 4 is 34.6 Å². The van der Waals surface area contributed by atoms with Crippen molar-refractivity contribution in [2.24, 2.45) is 0 Å². The van der Waals surface area contributed by atoms with Gasteiger partial charge in [0, 0.05) is 21.0 Å². The van der Waals surface area contributed by atoms with Crippen molar-refractivity contribution in [1.82, 2.24) is 30.4 Å². The SMILES string of the molecule is O=c1[nH]nc(-c2ccc(Cl)cc2)c2c1Nc1nnnn1[C@@H]2c1cccs1. The molecule has 0 radical (unpaired) electrons. The van der Waals surface area contributed by atoms with Gasteiger partial charge in [-0.1, -0.05) is 34.9 Å². The Kier molecular flexibility index (Phi) is 3.37. The van der Waals surface area contributed by atoms with Crippen LogP contribution in [0.1, 0.15) is 16.5 Å². The maximum absolute atomic E-state index is 12.5. The van der Waals surface area contributed by atoms with Crippen molar-refractivity contribution in [3.8, 4) is 11.3 Å². The van der Waals surface area contributed by atoms with Crippen molar-refractivity contribution in [3.63, 3.8) is 0 Å². The van der Waals surface area contributed by atoms with Crippen LogP contribution >= 0.6 is 22.9 Å². The van der Waals surface area contributed by atoms with Gasteiger partial charge in [-0.15, -0.1) is 11.3 Å². The summed E-state index contributed by atoms with van der Waals surface area (Å²) in [4.78, 5) is 13.5. The molecule has 0 aliphatic carbocycles. The molecule has 0 saturated heterocycles. The predicted octanol–water partition coefficient (Wildman–Crippen LogP) is 2.83. The molecule has 1 aliphatic rings. The Hall–Kier alpha value is -3.04. The average Bonchev–Trinajstić information content (AvgIpc) is 3.33. The Morgan fingerprint density at radius 1 is 1.19 bits per heavy atom. The molecule has 10 heteroatoms. The lowest BCUT2D eigenvalue weighted by Gasteiger charge is -2.26. The number of aromatic amines is 1. The van der Waals surface area contributed by atoms with Crippen molar-refractivity contribution < 1.29 is 0 Å². The number of H-pyrrole nitrogens is 1. The molecule has 128 valence electrons. The van der Waals surface area contributed by atoms with E-state index in [0.29, 0.717) is 22.4 Å². The summed E-state index contributed by atoms with van der Waals surface area (Å²) in [5, 5.41) is 24.3. The molecular formula is C16H10ClN7OS. The summed E-state index contributed by atoms with van der Waals surface area (Å²) < 4.78 is 1.66. The van der Waals surface area contributed by atoms with Crippen molar-refractivity contribution in [3.05, 3.63) is 67.6 Å². The molecular weight excluding hydrogens is 374 g/mol. The molecule has 5 rings (SSSR count). The molecule has 26 heavy (non-hydrogen) atoms. The lowest BCUT2D eigenvalue weighted by Crippen LogP contribution is -2.28. The second-order valence-corrected chi connectivity index (χ2v) is 7.10. The number of halogens is 1. The normalized spacial score (nSPS) is 15.2. The van der Waals surface area contributed by atoms with E-state index in [1.165, 1.54) is 0 Å². The molecule has 0 spiro atoms. The summed E-state index contributed by atoms with van der Waals surface area (Å²) in [6.45, 7) is 0. The van der Waals surface area contributed by atoms with Crippen LogP contribution in [0.5, 0.6) is 0 Å². The lowest BCUT2D eigenvalue weighted by molar-refractivity contribution is 0.574. The Morgan fingerprint density at radius 2 is 2.04 bits per heavy atom. The zero-order chi connectivity index (χ0) is 17.7. The minimum absolute atomic E-state index is 0.325. The smallest absolute Gasteiger partial charge is 0.288 e. The highest BCUT2D eigenvalue weighted by atomic mass is 35.5. The van der Waals surface area contributed by atoms with Crippen molar-refractivity contribution in [1.29, 1.82) is 0 Å². The molecule has 1 aromatic carbocycles. The highest BCUT2D eigenvalue weighted by molar-refractivity contribution is 7.10. The number of nitrogens with one attached hydrogen (secondary N) is 2. The van der Waals surface area contributed by atoms with Gasteiger partial charge in [-0.25, -0.2) is 5.10 Å². The van der Waals surface area contributed by atoms with Gasteiger partial charge in [-0.05, 0) is 34.0 Å². The number of anilines is 2. The Bertz CT molecular complexity index is 1150. The maximum atomic E-state index is 12.5. The Balaban J connectivity index is 1.82. The van der Waals surface area contributed by atoms with Crippen LogP contribution in [0.25, 0.3) is 11.3 Å². The van der Waals surface area contributed by atoms with Crippen LogP contribution < -0.4 is 10.9 Å². The number of rotatable bonds is 2. The van der Waals surface area contributed by atoms with E-state index in [1.54, 1.807) is 28.2 Å². The first-order valence-electron chi connectivity index (χ1n) is 7.69. The number of aromatic nitrogens is 6. The quantitative estimate of drug-likeness (QED) is 0.486. The van der Waals surface area contributed by atoms with Gasteiger partial charge in [-0.3, -0.25) is 4.79 Å². The number of thiophene rings is 1. The van der Waals surface area contributed by atoms with E-state index in [2.05, 4.69) is 31.0 Å². The summed E-state index contributed by atoms with van der Waals surface area (Å²) in [7, 11) is 0. The first-order chi connectivity index (χ1) is 12.7.